The van der Waals surface area contributed by atoms with Gasteiger partial charge in [0, 0.05) is 22.6 Å². The van der Waals surface area contributed by atoms with Gasteiger partial charge < -0.3 is 14.2 Å². The summed E-state index contributed by atoms with van der Waals surface area (Å²) in [5.74, 6) is -1.07. The van der Waals surface area contributed by atoms with Gasteiger partial charge in [0.1, 0.15) is 0 Å². The Morgan fingerprint density at radius 2 is 1.24 bits per heavy atom. The maximum absolute atomic E-state index is 12.3. The molecule has 0 amide bonds. The van der Waals surface area contributed by atoms with Crippen LogP contribution in [0.4, 0.5) is 0 Å². The molecule has 210 valence electrons. The first-order chi connectivity index (χ1) is 19.4. The van der Waals surface area contributed by atoms with Crippen molar-refractivity contribution in [2.75, 3.05) is 6.61 Å². The first kappa shape index (κ1) is 29.3. The quantitative estimate of drug-likeness (QED) is 0.160. The van der Waals surface area contributed by atoms with E-state index in [0.29, 0.717) is 12.2 Å². The van der Waals surface area contributed by atoms with E-state index in [1.54, 1.807) is 32.9 Å². The number of hydrogen-bond acceptors (Lipinski definition) is 6. The van der Waals surface area contributed by atoms with Crippen LogP contribution in [-0.4, -0.2) is 24.5 Å². The van der Waals surface area contributed by atoms with Gasteiger partial charge in [-0.15, -0.1) is 0 Å². The standard InChI is InChI=1S/C35H34O6/c1-20(2)33(36)39-19-24-15-26-8-9-27(17-29(26)16-24)25-10-12-30(23(7)14-25)28-11-13-31(40-34(37)21(3)4)32(18-28)41-35(38)22(5)6/h8-14,17-18,24H,1,3,5,15-16,19H2,2,4,6-7H3. The van der Waals surface area contributed by atoms with Crippen molar-refractivity contribution in [3.8, 4) is 33.8 Å². The molecular weight excluding hydrogens is 516 g/mol. The van der Waals surface area contributed by atoms with E-state index >= 15 is 0 Å². The largest absolute Gasteiger partial charge is 0.462 e. The summed E-state index contributed by atoms with van der Waals surface area (Å²) in [7, 11) is 0. The van der Waals surface area contributed by atoms with Gasteiger partial charge in [0.2, 0.25) is 0 Å². The topological polar surface area (TPSA) is 78.9 Å². The molecule has 1 aliphatic carbocycles. The van der Waals surface area contributed by atoms with Gasteiger partial charge >= 0.3 is 17.9 Å². The highest BCUT2D eigenvalue weighted by Crippen LogP contribution is 2.37. The van der Waals surface area contributed by atoms with Crippen molar-refractivity contribution in [1.82, 2.24) is 0 Å². The average molecular weight is 551 g/mol. The van der Waals surface area contributed by atoms with Gasteiger partial charge in [-0.3, -0.25) is 0 Å². The fourth-order valence-corrected chi connectivity index (χ4v) is 4.70. The molecule has 6 nitrogen and oxygen atoms in total. The summed E-state index contributed by atoms with van der Waals surface area (Å²) in [5.41, 5.74) is 8.36. The lowest BCUT2D eigenvalue weighted by Gasteiger charge is -2.14. The minimum absolute atomic E-state index is 0.121. The summed E-state index contributed by atoms with van der Waals surface area (Å²) >= 11 is 0. The number of rotatable bonds is 9. The molecule has 1 atom stereocenters. The molecule has 0 heterocycles. The van der Waals surface area contributed by atoms with E-state index in [1.165, 1.54) is 11.1 Å². The van der Waals surface area contributed by atoms with Crippen LogP contribution < -0.4 is 9.47 Å². The Bertz CT molecular complexity index is 1590. The number of benzene rings is 3. The fourth-order valence-electron chi connectivity index (χ4n) is 4.70. The lowest BCUT2D eigenvalue weighted by atomic mass is 9.94. The number of fused-ring (bicyclic) bond motifs is 1. The number of ether oxygens (including phenoxy) is 3. The van der Waals surface area contributed by atoms with Crippen molar-refractivity contribution >= 4 is 17.9 Å². The van der Waals surface area contributed by atoms with E-state index < -0.39 is 11.9 Å². The highest BCUT2D eigenvalue weighted by atomic mass is 16.6. The molecule has 4 rings (SSSR count). The van der Waals surface area contributed by atoms with Gasteiger partial charge in [-0.2, -0.15) is 0 Å². The van der Waals surface area contributed by atoms with Gasteiger partial charge in [-0.25, -0.2) is 14.4 Å². The minimum Gasteiger partial charge on any atom is -0.462 e. The first-order valence-corrected chi connectivity index (χ1v) is 13.4. The zero-order chi connectivity index (χ0) is 29.8. The van der Waals surface area contributed by atoms with Crippen LogP contribution in [0.15, 0.2) is 91.1 Å². The molecular formula is C35H34O6. The third kappa shape index (κ3) is 6.90. The van der Waals surface area contributed by atoms with Crippen molar-refractivity contribution in [3.05, 3.63) is 108 Å². The second-order valence-corrected chi connectivity index (χ2v) is 10.7. The summed E-state index contributed by atoms with van der Waals surface area (Å²) in [6, 6.07) is 17.8. The highest BCUT2D eigenvalue weighted by molar-refractivity contribution is 5.91. The van der Waals surface area contributed by atoms with Gasteiger partial charge in [-0.1, -0.05) is 62.2 Å². The molecule has 3 aromatic carbocycles. The zero-order valence-electron chi connectivity index (χ0n) is 24.0. The van der Waals surface area contributed by atoms with Crippen molar-refractivity contribution < 1.29 is 28.6 Å². The van der Waals surface area contributed by atoms with Crippen LogP contribution in [0.3, 0.4) is 0 Å². The summed E-state index contributed by atoms with van der Waals surface area (Å²) in [4.78, 5) is 36.2. The smallest absolute Gasteiger partial charge is 0.338 e. The Hall–Kier alpha value is -4.71. The summed E-state index contributed by atoms with van der Waals surface area (Å²) < 4.78 is 16.3. The lowest BCUT2D eigenvalue weighted by Crippen LogP contribution is -2.14. The predicted octanol–water partition coefficient (Wildman–Crippen LogP) is 7.13. The Kier molecular flexibility index (Phi) is 8.72. The first-order valence-electron chi connectivity index (χ1n) is 13.4. The van der Waals surface area contributed by atoms with Crippen LogP contribution >= 0.6 is 0 Å². The number of hydrogen-bond donors (Lipinski definition) is 0. The van der Waals surface area contributed by atoms with E-state index in [2.05, 4.69) is 50.1 Å². The van der Waals surface area contributed by atoms with Gasteiger partial charge in [0.25, 0.3) is 0 Å². The molecule has 0 saturated carbocycles. The molecule has 0 bridgehead atoms. The molecule has 6 heteroatoms. The van der Waals surface area contributed by atoms with E-state index in [1.807, 2.05) is 19.1 Å². The molecule has 0 saturated heterocycles. The van der Waals surface area contributed by atoms with Crippen LogP contribution in [0, 0.1) is 12.8 Å². The summed E-state index contributed by atoms with van der Waals surface area (Å²) in [5, 5.41) is 0. The monoisotopic (exact) mass is 550 g/mol. The third-order valence-corrected chi connectivity index (χ3v) is 6.94. The Morgan fingerprint density at radius 3 is 1.88 bits per heavy atom. The normalized spacial score (nSPS) is 13.6. The molecule has 0 N–H and O–H groups in total. The Morgan fingerprint density at radius 1 is 0.683 bits per heavy atom. The van der Waals surface area contributed by atoms with Crippen molar-refractivity contribution in [2.45, 2.75) is 40.5 Å². The average Bonchev–Trinajstić information content (AvgIpc) is 3.34. The summed E-state index contributed by atoms with van der Waals surface area (Å²) in [6.45, 7) is 18.0. The summed E-state index contributed by atoms with van der Waals surface area (Å²) in [6.07, 6.45) is 1.74. The zero-order valence-corrected chi connectivity index (χ0v) is 24.0. The second-order valence-electron chi connectivity index (χ2n) is 10.7. The fraction of sp³-hybridized carbons (Fsp3) is 0.229. The van der Waals surface area contributed by atoms with Crippen LogP contribution in [0.25, 0.3) is 22.3 Å². The minimum atomic E-state index is -0.616. The second kappa shape index (κ2) is 12.2. The van der Waals surface area contributed by atoms with Gasteiger partial charge in [-0.05, 0) is 91.6 Å². The molecule has 3 aromatic rings. The number of aryl methyl sites for hydroxylation is 1. The molecule has 0 aromatic heterocycles. The lowest BCUT2D eigenvalue weighted by molar-refractivity contribution is -0.140. The molecule has 1 aliphatic rings. The third-order valence-electron chi connectivity index (χ3n) is 6.94. The van der Waals surface area contributed by atoms with E-state index in [-0.39, 0.29) is 34.5 Å². The number of carbonyl (C=O) groups excluding carboxylic acids is 3. The van der Waals surface area contributed by atoms with Crippen LogP contribution in [0.5, 0.6) is 11.5 Å². The maximum Gasteiger partial charge on any atom is 0.338 e. The van der Waals surface area contributed by atoms with Crippen molar-refractivity contribution in [1.29, 1.82) is 0 Å². The van der Waals surface area contributed by atoms with Crippen LogP contribution in [0.1, 0.15) is 37.5 Å². The van der Waals surface area contributed by atoms with Crippen LogP contribution in [0.2, 0.25) is 0 Å². The predicted molar refractivity (Wildman–Crippen MR) is 160 cm³/mol. The Balaban J connectivity index is 1.57. The molecule has 1 unspecified atom stereocenters. The number of carbonyl (C=O) groups is 3. The van der Waals surface area contributed by atoms with Crippen LogP contribution in [-0.2, 0) is 32.0 Å². The van der Waals surface area contributed by atoms with Crippen molar-refractivity contribution in [2.24, 2.45) is 5.92 Å². The van der Waals surface area contributed by atoms with E-state index in [4.69, 9.17) is 14.2 Å². The number of esters is 3. The Labute approximate surface area is 241 Å². The van der Waals surface area contributed by atoms with Gasteiger partial charge in [0.05, 0.1) is 6.61 Å². The molecule has 0 aliphatic heterocycles. The van der Waals surface area contributed by atoms with E-state index in [0.717, 1.165) is 40.7 Å². The highest BCUT2D eigenvalue weighted by Gasteiger charge is 2.23. The van der Waals surface area contributed by atoms with Gasteiger partial charge in [0.15, 0.2) is 11.5 Å². The molecule has 41 heavy (non-hydrogen) atoms. The molecule has 0 spiro atoms. The SMILES string of the molecule is C=C(C)C(=O)OCC1Cc2ccc(-c3ccc(-c4ccc(OC(=O)C(=C)C)c(OC(=O)C(=C)C)c4)c(C)c3)cc2C1. The molecule has 0 radical (unpaired) electrons. The molecule has 0 fully saturated rings. The maximum atomic E-state index is 12.3. The van der Waals surface area contributed by atoms with Crippen molar-refractivity contribution in [3.63, 3.8) is 0 Å². The van der Waals surface area contributed by atoms with E-state index in [9.17, 15) is 14.4 Å².